The van der Waals surface area contributed by atoms with Crippen molar-refractivity contribution in [3.63, 3.8) is 0 Å². The molecule has 1 amide bonds. The van der Waals surface area contributed by atoms with Crippen LogP contribution in [0, 0.1) is 13.8 Å². The molecule has 1 N–H and O–H groups in total. The molecule has 0 aromatic carbocycles. The predicted octanol–water partition coefficient (Wildman–Crippen LogP) is 1.16. The standard InChI is InChI=1S/C14H22N4OS/c1-10-11(2)20-14(16-10)18-7-3-4-12(18)13(19)17-8-5-15-6-9-17/h12,15H,3-9H2,1-2H3. The summed E-state index contributed by atoms with van der Waals surface area (Å²) in [5.41, 5.74) is 1.09. The third kappa shape index (κ3) is 2.54. The molecule has 1 aromatic rings. The summed E-state index contributed by atoms with van der Waals surface area (Å²) < 4.78 is 0. The van der Waals surface area contributed by atoms with Crippen molar-refractivity contribution in [2.24, 2.45) is 0 Å². The summed E-state index contributed by atoms with van der Waals surface area (Å²) in [6, 6.07) is -0.00181. The number of carbonyl (C=O) groups excluding carboxylic acids is 1. The Morgan fingerprint density at radius 2 is 2.05 bits per heavy atom. The van der Waals surface area contributed by atoms with E-state index >= 15 is 0 Å². The zero-order valence-electron chi connectivity index (χ0n) is 12.2. The molecule has 3 heterocycles. The smallest absolute Gasteiger partial charge is 0.245 e. The number of aromatic nitrogens is 1. The number of hydrogen-bond donors (Lipinski definition) is 1. The fraction of sp³-hybridized carbons (Fsp3) is 0.714. The molecule has 6 heteroatoms. The van der Waals surface area contributed by atoms with Crippen LogP contribution in [-0.4, -0.2) is 54.6 Å². The molecule has 2 aliphatic heterocycles. The molecule has 2 aliphatic rings. The molecule has 20 heavy (non-hydrogen) atoms. The van der Waals surface area contributed by atoms with Crippen LogP contribution in [0.4, 0.5) is 5.13 Å². The van der Waals surface area contributed by atoms with Crippen LogP contribution in [0.5, 0.6) is 0 Å². The minimum absolute atomic E-state index is 0.00181. The van der Waals surface area contributed by atoms with Gasteiger partial charge >= 0.3 is 0 Å². The Kier molecular flexibility index (Phi) is 3.94. The molecule has 0 bridgehead atoms. The molecule has 1 unspecified atom stereocenters. The van der Waals surface area contributed by atoms with Crippen molar-refractivity contribution in [1.82, 2.24) is 15.2 Å². The van der Waals surface area contributed by atoms with E-state index < -0.39 is 0 Å². The second kappa shape index (κ2) is 5.69. The van der Waals surface area contributed by atoms with Crippen LogP contribution in [0.2, 0.25) is 0 Å². The van der Waals surface area contributed by atoms with Crippen LogP contribution < -0.4 is 10.2 Å². The first-order valence-corrected chi connectivity index (χ1v) is 8.18. The SMILES string of the molecule is Cc1nc(N2CCCC2C(=O)N2CCNCC2)sc1C. The van der Waals surface area contributed by atoms with Gasteiger partial charge in [-0.25, -0.2) is 4.98 Å². The van der Waals surface area contributed by atoms with E-state index in [-0.39, 0.29) is 11.9 Å². The summed E-state index contributed by atoms with van der Waals surface area (Å²) in [5.74, 6) is 0.287. The molecule has 0 aliphatic carbocycles. The molecular weight excluding hydrogens is 272 g/mol. The first-order valence-electron chi connectivity index (χ1n) is 7.37. The Morgan fingerprint density at radius 1 is 1.30 bits per heavy atom. The number of aryl methyl sites for hydroxylation is 2. The molecular formula is C14H22N4OS. The maximum Gasteiger partial charge on any atom is 0.245 e. The highest BCUT2D eigenvalue weighted by Gasteiger charge is 2.35. The van der Waals surface area contributed by atoms with E-state index in [1.54, 1.807) is 11.3 Å². The van der Waals surface area contributed by atoms with E-state index in [9.17, 15) is 4.79 Å². The lowest BCUT2D eigenvalue weighted by molar-refractivity contribution is -0.132. The molecule has 0 spiro atoms. The summed E-state index contributed by atoms with van der Waals surface area (Å²) in [7, 11) is 0. The third-order valence-corrected chi connectivity index (χ3v) is 5.34. The number of piperazine rings is 1. The molecule has 2 saturated heterocycles. The van der Waals surface area contributed by atoms with E-state index in [1.807, 2.05) is 11.8 Å². The number of rotatable bonds is 2. The average Bonchev–Trinajstić information content (AvgIpc) is 3.06. The largest absolute Gasteiger partial charge is 0.338 e. The Morgan fingerprint density at radius 3 is 2.70 bits per heavy atom. The van der Waals surface area contributed by atoms with Gasteiger partial charge < -0.3 is 15.1 Å². The summed E-state index contributed by atoms with van der Waals surface area (Å²) in [6.45, 7) is 8.58. The van der Waals surface area contributed by atoms with Crippen LogP contribution in [0.15, 0.2) is 0 Å². The quantitative estimate of drug-likeness (QED) is 0.889. The fourth-order valence-electron chi connectivity index (χ4n) is 2.93. The van der Waals surface area contributed by atoms with E-state index in [2.05, 4.69) is 22.1 Å². The lowest BCUT2D eigenvalue weighted by atomic mass is 10.2. The Bertz CT molecular complexity index is 476. The van der Waals surface area contributed by atoms with Gasteiger partial charge in [0.15, 0.2) is 5.13 Å². The van der Waals surface area contributed by atoms with Gasteiger partial charge in [0, 0.05) is 37.6 Å². The van der Waals surface area contributed by atoms with Gasteiger partial charge in [0.25, 0.3) is 0 Å². The number of amides is 1. The van der Waals surface area contributed by atoms with E-state index in [0.717, 1.165) is 56.4 Å². The monoisotopic (exact) mass is 294 g/mol. The van der Waals surface area contributed by atoms with Gasteiger partial charge in [0.1, 0.15) is 6.04 Å². The Hall–Kier alpha value is -1.14. The van der Waals surface area contributed by atoms with Crippen molar-refractivity contribution < 1.29 is 4.79 Å². The maximum absolute atomic E-state index is 12.7. The van der Waals surface area contributed by atoms with E-state index in [0.29, 0.717) is 0 Å². The van der Waals surface area contributed by atoms with Crippen LogP contribution in [0.25, 0.3) is 0 Å². The molecule has 1 aromatic heterocycles. The molecule has 0 radical (unpaired) electrons. The lowest BCUT2D eigenvalue weighted by Gasteiger charge is -2.32. The van der Waals surface area contributed by atoms with Gasteiger partial charge in [-0.3, -0.25) is 4.79 Å². The zero-order chi connectivity index (χ0) is 14.1. The van der Waals surface area contributed by atoms with Crippen molar-refractivity contribution in [3.05, 3.63) is 10.6 Å². The van der Waals surface area contributed by atoms with Crippen molar-refractivity contribution >= 4 is 22.4 Å². The van der Waals surface area contributed by atoms with Crippen molar-refractivity contribution in [2.45, 2.75) is 32.7 Å². The summed E-state index contributed by atoms with van der Waals surface area (Å²) in [4.78, 5) is 22.8. The zero-order valence-corrected chi connectivity index (χ0v) is 13.0. The van der Waals surface area contributed by atoms with Crippen molar-refractivity contribution in [1.29, 1.82) is 0 Å². The van der Waals surface area contributed by atoms with Gasteiger partial charge in [-0.1, -0.05) is 0 Å². The van der Waals surface area contributed by atoms with Gasteiger partial charge in [0.2, 0.25) is 5.91 Å². The molecule has 1 atom stereocenters. The number of anilines is 1. The molecule has 110 valence electrons. The molecule has 5 nitrogen and oxygen atoms in total. The summed E-state index contributed by atoms with van der Waals surface area (Å²) >= 11 is 1.71. The number of thiazole rings is 1. The molecule has 3 rings (SSSR count). The number of nitrogens with one attached hydrogen (secondary N) is 1. The second-order valence-electron chi connectivity index (χ2n) is 5.56. The van der Waals surface area contributed by atoms with E-state index in [1.165, 1.54) is 4.88 Å². The highest BCUT2D eigenvalue weighted by atomic mass is 32.1. The minimum atomic E-state index is -0.00181. The van der Waals surface area contributed by atoms with Gasteiger partial charge in [-0.2, -0.15) is 0 Å². The Balaban J connectivity index is 1.76. The van der Waals surface area contributed by atoms with Gasteiger partial charge in [0.05, 0.1) is 5.69 Å². The lowest BCUT2D eigenvalue weighted by Crippen LogP contribution is -2.52. The third-order valence-electron chi connectivity index (χ3n) is 4.23. The van der Waals surface area contributed by atoms with Crippen LogP contribution in [0.3, 0.4) is 0 Å². The summed E-state index contributed by atoms with van der Waals surface area (Å²) in [5, 5.41) is 4.32. The second-order valence-corrected chi connectivity index (χ2v) is 6.75. The predicted molar refractivity (Wildman–Crippen MR) is 81.4 cm³/mol. The first-order chi connectivity index (χ1) is 9.66. The number of nitrogens with zero attached hydrogens (tertiary/aromatic N) is 3. The van der Waals surface area contributed by atoms with Crippen molar-refractivity contribution in [2.75, 3.05) is 37.6 Å². The first kappa shape index (κ1) is 13.8. The normalized spacial score (nSPS) is 23.4. The minimum Gasteiger partial charge on any atom is -0.338 e. The van der Waals surface area contributed by atoms with Crippen molar-refractivity contribution in [3.8, 4) is 0 Å². The fourth-order valence-corrected chi connectivity index (χ4v) is 3.91. The average molecular weight is 294 g/mol. The number of carbonyl (C=O) groups is 1. The van der Waals surface area contributed by atoms with Crippen LogP contribution in [-0.2, 0) is 4.79 Å². The van der Waals surface area contributed by atoms with Gasteiger partial charge in [-0.15, -0.1) is 11.3 Å². The van der Waals surface area contributed by atoms with E-state index in [4.69, 9.17) is 0 Å². The topological polar surface area (TPSA) is 48.5 Å². The maximum atomic E-state index is 12.7. The molecule has 2 fully saturated rings. The highest BCUT2D eigenvalue weighted by Crippen LogP contribution is 2.31. The summed E-state index contributed by atoms with van der Waals surface area (Å²) in [6.07, 6.45) is 2.04. The Labute approximate surface area is 124 Å². The van der Waals surface area contributed by atoms with Crippen LogP contribution >= 0.6 is 11.3 Å². The molecule has 0 saturated carbocycles. The van der Waals surface area contributed by atoms with Gasteiger partial charge in [-0.05, 0) is 26.7 Å². The number of hydrogen-bond acceptors (Lipinski definition) is 5. The van der Waals surface area contributed by atoms with Crippen LogP contribution in [0.1, 0.15) is 23.4 Å². The highest BCUT2D eigenvalue weighted by molar-refractivity contribution is 7.15.